The highest BCUT2D eigenvalue weighted by atomic mass is 35.5. The largest absolute Gasteiger partial charge is 0.428 e. The zero-order valence-corrected chi connectivity index (χ0v) is 10.8. The maximum Gasteiger partial charge on any atom is 0.301 e. The van der Waals surface area contributed by atoms with Gasteiger partial charge in [-0.2, -0.15) is 0 Å². The monoisotopic (exact) mass is 244 g/mol. The van der Waals surface area contributed by atoms with Crippen LogP contribution in [0, 0.1) is 0 Å². The van der Waals surface area contributed by atoms with Crippen molar-refractivity contribution in [3.63, 3.8) is 0 Å². The van der Waals surface area contributed by atoms with Crippen molar-refractivity contribution in [1.82, 2.24) is 4.98 Å². The lowest BCUT2D eigenvalue weighted by atomic mass is 9.94. The summed E-state index contributed by atoms with van der Waals surface area (Å²) < 4.78 is 5.41. The Bertz CT molecular complexity index is 368. The molecule has 1 rings (SSSR count). The van der Waals surface area contributed by atoms with E-state index in [0.717, 1.165) is 5.76 Å². The molecule has 0 saturated carbocycles. The number of rotatable bonds is 3. The third-order valence-corrected chi connectivity index (χ3v) is 2.62. The summed E-state index contributed by atoms with van der Waals surface area (Å²) in [7, 11) is 0. The number of hydrogen-bond acceptors (Lipinski definition) is 3. The van der Waals surface area contributed by atoms with Crippen LogP contribution >= 0.6 is 11.6 Å². The lowest BCUT2D eigenvalue weighted by Crippen LogP contribution is -2.22. The minimum atomic E-state index is -0.551. The van der Waals surface area contributed by atoms with Crippen molar-refractivity contribution in [3.8, 4) is 0 Å². The Balaban J connectivity index is 2.70. The van der Waals surface area contributed by atoms with Crippen LogP contribution in [-0.4, -0.2) is 16.3 Å². The topological polar surface area (TPSA) is 55.1 Å². The maximum absolute atomic E-state index is 11.5. The smallest absolute Gasteiger partial charge is 0.301 e. The number of halogens is 1. The fourth-order valence-electron chi connectivity index (χ4n) is 1.05. The molecule has 16 heavy (non-hydrogen) atoms. The van der Waals surface area contributed by atoms with Crippen LogP contribution in [0.15, 0.2) is 10.6 Å². The Morgan fingerprint density at radius 3 is 2.69 bits per heavy atom. The molecule has 5 heteroatoms. The van der Waals surface area contributed by atoms with Gasteiger partial charge < -0.3 is 4.42 Å². The maximum atomic E-state index is 11.5. The van der Waals surface area contributed by atoms with Crippen LogP contribution in [0.25, 0.3) is 0 Å². The molecule has 0 spiro atoms. The number of alkyl halides is 1. The van der Waals surface area contributed by atoms with E-state index in [2.05, 4.69) is 10.3 Å². The van der Waals surface area contributed by atoms with E-state index in [0.29, 0.717) is 6.42 Å². The lowest BCUT2D eigenvalue weighted by molar-refractivity contribution is -0.116. The van der Waals surface area contributed by atoms with Crippen molar-refractivity contribution in [2.24, 2.45) is 0 Å². The molecule has 0 aromatic carbocycles. The molecule has 1 N–H and O–H groups in total. The van der Waals surface area contributed by atoms with Crippen molar-refractivity contribution in [2.75, 3.05) is 5.32 Å². The first-order valence-corrected chi connectivity index (χ1v) is 5.69. The molecule has 1 heterocycles. The first-order chi connectivity index (χ1) is 7.34. The summed E-state index contributed by atoms with van der Waals surface area (Å²) >= 11 is 5.78. The van der Waals surface area contributed by atoms with Gasteiger partial charge >= 0.3 is 6.01 Å². The van der Waals surface area contributed by atoms with Gasteiger partial charge in [0, 0.05) is 5.41 Å². The highest BCUT2D eigenvalue weighted by Crippen LogP contribution is 2.24. The molecule has 0 fully saturated rings. The fraction of sp³-hybridized carbons (Fsp3) is 0.636. The van der Waals surface area contributed by atoms with E-state index in [-0.39, 0.29) is 17.3 Å². The molecule has 0 bridgehead atoms. The quantitative estimate of drug-likeness (QED) is 0.832. The Hall–Kier alpha value is -1.03. The molecule has 0 aliphatic rings. The highest BCUT2D eigenvalue weighted by molar-refractivity contribution is 6.32. The molecule has 1 aromatic heterocycles. The van der Waals surface area contributed by atoms with Gasteiger partial charge in [-0.05, 0) is 6.42 Å². The van der Waals surface area contributed by atoms with E-state index >= 15 is 0 Å². The summed E-state index contributed by atoms with van der Waals surface area (Å²) in [6.45, 7) is 7.87. The van der Waals surface area contributed by atoms with Gasteiger partial charge in [0.2, 0.25) is 5.91 Å². The van der Waals surface area contributed by atoms with Crippen LogP contribution in [0.5, 0.6) is 0 Å². The van der Waals surface area contributed by atoms with Crippen molar-refractivity contribution < 1.29 is 9.21 Å². The first-order valence-electron chi connectivity index (χ1n) is 5.26. The summed E-state index contributed by atoms with van der Waals surface area (Å²) in [6.07, 6.45) is 2.19. The summed E-state index contributed by atoms with van der Waals surface area (Å²) in [4.78, 5) is 15.4. The molecule has 0 aliphatic heterocycles. The predicted octanol–water partition coefficient (Wildman–Crippen LogP) is 2.93. The lowest BCUT2D eigenvalue weighted by Gasteiger charge is -2.13. The van der Waals surface area contributed by atoms with E-state index in [1.165, 1.54) is 0 Å². The van der Waals surface area contributed by atoms with Gasteiger partial charge in [0.05, 0.1) is 6.20 Å². The molecule has 0 aliphatic carbocycles. The van der Waals surface area contributed by atoms with E-state index < -0.39 is 5.38 Å². The summed E-state index contributed by atoms with van der Waals surface area (Å²) in [5, 5.41) is 1.99. The van der Waals surface area contributed by atoms with Gasteiger partial charge in [-0.25, -0.2) is 4.98 Å². The van der Waals surface area contributed by atoms with Crippen molar-refractivity contribution in [1.29, 1.82) is 0 Å². The molecule has 1 atom stereocenters. The van der Waals surface area contributed by atoms with Gasteiger partial charge in [-0.15, -0.1) is 11.6 Å². The molecular formula is C11H17ClN2O2. The van der Waals surface area contributed by atoms with Crippen LogP contribution in [0.1, 0.15) is 39.9 Å². The number of hydrogen-bond donors (Lipinski definition) is 1. The van der Waals surface area contributed by atoms with Crippen LogP contribution in [0.3, 0.4) is 0 Å². The number of anilines is 1. The molecule has 0 radical (unpaired) electrons. The average Bonchev–Trinajstić information content (AvgIpc) is 2.64. The molecule has 1 amide bonds. The molecule has 0 unspecified atom stereocenters. The fourth-order valence-corrected chi connectivity index (χ4v) is 1.10. The Morgan fingerprint density at radius 2 is 2.25 bits per heavy atom. The van der Waals surface area contributed by atoms with E-state index in [4.69, 9.17) is 16.0 Å². The molecule has 90 valence electrons. The predicted molar refractivity (Wildman–Crippen MR) is 63.8 cm³/mol. The minimum absolute atomic E-state index is 0.124. The second-order valence-electron chi connectivity index (χ2n) is 4.64. The van der Waals surface area contributed by atoms with Gasteiger partial charge in [-0.3, -0.25) is 10.1 Å². The average molecular weight is 245 g/mol. The van der Waals surface area contributed by atoms with E-state index in [9.17, 15) is 4.79 Å². The standard InChI is InChI=1S/C11H17ClN2O2/c1-5-7(12)9(15)14-10-13-6-8(16-10)11(2,3)4/h6-7H,5H2,1-4H3,(H,13,14,15)/t7-/m0/s1. The zero-order valence-electron chi connectivity index (χ0n) is 10.0. The van der Waals surface area contributed by atoms with E-state index in [1.54, 1.807) is 6.20 Å². The van der Waals surface area contributed by atoms with Crippen molar-refractivity contribution >= 4 is 23.5 Å². The SMILES string of the molecule is CC[C@H](Cl)C(=O)Nc1ncc(C(C)(C)C)o1. The summed E-state index contributed by atoms with van der Waals surface area (Å²) in [5.41, 5.74) is -0.124. The highest BCUT2D eigenvalue weighted by Gasteiger charge is 2.21. The first kappa shape index (κ1) is 13.0. The Morgan fingerprint density at radius 1 is 1.62 bits per heavy atom. The molecule has 0 saturated heterocycles. The second-order valence-corrected chi connectivity index (χ2v) is 5.17. The number of amides is 1. The minimum Gasteiger partial charge on any atom is -0.428 e. The summed E-state index contributed by atoms with van der Waals surface area (Å²) in [6, 6.07) is 0.203. The van der Waals surface area contributed by atoms with Gasteiger partial charge in [-0.1, -0.05) is 27.7 Å². The number of carbonyl (C=O) groups is 1. The summed E-state index contributed by atoms with van der Waals surface area (Å²) in [5.74, 6) is 0.442. The van der Waals surface area contributed by atoms with Crippen LogP contribution in [0.2, 0.25) is 0 Å². The third kappa shape index (κ3) is 3.23. The molecule has 4 nitrogen and oxygen atoms in total. The Labute approximate surface area is 100 Å². The number of carbonyl (C=O) groups excluding carboxylic acids is 1. The van der Waals surface area contributed by atoms with Crippen molar-refractivity contribution in [2.45, 2.75) is 44.9 Å². The molecule has 1 aromatic rings. The Kier molecular flexibility index (Phi) is 3.97. The van der Waals surface area contributed by atoms with Gasteiger partial charge in [0.25, 0.3) is 0 Å². The van der Waals surface area contributed by atoms with Crippen LogP contribution in [0.4, 0.5) is 6.01 Å². The molecular weight excluding hydrogens is 228 g/mol. The van der Waals surface area contributed by atoms with Crippen LogP contribution in [-0.2, 0) is 10.2 Å². The van der Waals surface area contributed by atoms with E-state index in [1.807, 2.05) is 27.7 Å². The second kappa shape index (κ2) is 4.87. The number of nitrogens with zero attached hydrogens (tertiary/aromatic N) is 1. The zero-order chi connectivity index (χ0) is 12.3. The number of aromatic nitrogens is 1. The van der Waals surface area contributed by atoms with Crippen LogP contribution < -0.4 is 5.32 Å². The van der Waals surface area contributed by atoms with Crippen molar-refractivity contribution in [3.05, 3.63) is 12.0 Å². The van der Waals surface area contributed by atoms with Gasteiger partial charge in [0.1, 0.15) is 11.1 Å². The number of oxazole rings is 1. The number of nitrogens with one attached hydrogen (secondary N) is 1. The third-order valence-electron chi connectivity index (χ3n) is 2.12. The normalized spacial score (nSPS) is 13.6. The van der Waals surface area contributed by atoms with Gasteiger partial charge in [0.15, 0.2) is 0 Å².